The smallest absolute Gasteiger partial charge is 1.00 e. The van der Waals surface area contributed by atoms with Crippen molar-refractivity contribution in [3.63, 3.8) is 0 Å². The fourth-order valence-corrected chi connectivity index (χ4v) is 4.60. The van der Waals surface area contributed by atoms with Gasteiger partial charge in [0, 0.05) is 9.75 Å². The van der Waals surface area contributed by atoms with Crippen molar-refractivity contribution in [2.45, 2.75) is 39.4 Å². The summed E-state index contributed by atoms with van der Waals surface area (Å²) in [4.78, 5) is 25.9. The third-order valence-corrected chi connectivity index (χ3v) is 6.34. The summed E-state index contributed by atoms with van der Waals surface area (Å²) in [7, 11) is 0. The van der Waals surface area contributed by atoms with E-state index in [1.54, 1.807) is 19.1 Å². The summed E-state index contributed by atoms with van der Waals surface area (Å²) >= 11 is 1.47. The van der Waals surface area contributed by atoms with Gasteiger partial charge in [0.1, 0.15) is 0 Å². The molecule has 1 heterocycles. The SMILES string of the molecule is Cc1sc(C)c(C(=O)N[C@@H](C)c2ccc(C(=O)O)cc2)c1Cc1ccc(C(F)(F)F)cc1.[H-].[Na+]. The van der Waals surface area contributed by atoms with Crippen molar-refractivity contribution >= 4 is 23.2 Å². The maximum Gasteiger partial charge on any atom is 1.00 e. The predicted molar refractivity (Wildman–Crippen MR) is 118 cm³/mol. The summed E-state index contributed by atoms with van der Waals surface area (Å²) in [6.07, 6.45) is -4.05. The zero-order valence-electron chi connectivity index (χ0n) is 19.7. The van der Waals surface area contributed by atoms with E-state index in [1.165, 1.54) is 35.6 Å². The number of alkyl halides is 3. The van der Waals surface area contributed by atoms with Crippen LogP contribution in [-0.2, 0) is 12.6 Å². The van der Waals surface area contributed by atoms with Gasteiger partial charge in [-0.25, -0.2) is 4.79 Å². The second-order valence-electron chi connectivity index (χ2n) is 7.56. The molecule has 3 rings (SSSR count). The van der Waals surface area contributed by atoms with Gasteiger partial charge in [0.2, 0.25) is 0 Å². The summed E-state index contributed by atoms with van der Waals surface area (Å²) in [6, 6.07) is 10.9. The van der Waals surface area contributed by atoms with Crippen molar-refractivity contribution in [3.8, 4) is 0 Å². The van der Waals surface area contributed by atoms with Gasteiger partial charge in [-0.05, 0) is 68.1 Å². The van der Waals surface area contributed by atoms with Crippen LogP contribution in [0.2, 0.25) is 0 Å². The molecule has 3 aromatic rings. The second kappa shape index (κ2) is 10.9. The van der Waals surface area contributed by atoms with E-state index in [0.29, 0.717) is 17.5 Å². The van der Waals surface area contributed by atoms with Crippen molar-refractivity contribution in [1.82, 2.24) is 5.32 Å². The third-order valence-electron chi connectivity index (χ3n) is 5.28. The molecule has 9 heteroatoms. The second-order valence-corrected chi connectivity index (χ2v) is 8.99. The molecule has 0 aliphatic heterocycles. The molecule has 0 saturated heterocycles. The number of carbonyl (C=O) groups excluding carboxylic acids is 1. The van der Waals surface area contributed by atoms with Crippen LogP contribution in [0, 0.1) is 13.8 Å². The maximum atomic E-state index is 13.1. The first-order valence-corrected chi connectivity index (χ1v) is 10.7. The molecule has 0 aliphatic rings. The first-order valence-electron chi connectivity index (χ1n) is 9.86. The van der Waals surface area contributed by atoms with Crippen LogP contribution >= 0.6 is 11.3 Å². The number of hydrogen-bond acceptors (Lipinski definition) is 3. The van der Waals surface area contributed by atoms with Gasteiger partial charge in [-0.2, -0.15) is 13.2 Å². The summed E-state index contributed by atoms with van der Waals surface area (Å²) in [5.41, 5.74) is 2.22. The Balaban J connectivity index is 0.00000289. The Morgan fingerprint density at radius 2 is 1.61 bits per heavy atom. The Morgan fingerprint density at radius 1 is 1.03 bits per heavy atom. The number of carboxylic acid groups (broad SMARTS) is 1. The first kappa shape index (κ1) is 27.1. The molecule has 33 heavy (non-hydrogen) atoms. The van der Waals surface area contributed by atoms with Gasteiger partial charge in [0.15, 0.2) is 0 Å². The predicted octanol–water partition coefficient (Wildman–Crippen LogP) is 3.28. The summed E-state index contributed by atoms with van der Waals surface area (Å²) in [5, 5.41) is 12.0. The van der Waals surface area contributed by atoms with Crippen molar-refractivity contribution in [1.29, 1.82) is 0 Å². The van der Waals surface area contributed by atoms with Crippen LogP contribution in [0.15, 0.2) is 48.5 Å². The number of halogens is 3. The molecule has 0 aliphatic carbocycles. The Labute approximate surface area is 217 Å². The zero-order chi connectivity index (χ0) is 23.6. The molecule has 0 fully saturated rings. The molecule has 1 atom stereocenters. The number of carboxylic acids is 1. The maximum absolute atomic E-state index is 13.1. The Kier molecular flexibility index (Phi) is 8.93. The molecule has 0 saturated carbocycles. The number of amides is 1. The summed E-state index contributed by atoms with van der Waals surface area (Å²) in [6.45, 7) is 5.54. The normalized spacial score (nSPS) is 12.1. The van der Waals surface area contributed by atoms with Crippen LogP contribution in [0.4, 0.5) is 13.2 Å². The summed E-state index contributed by atoms with van der Waals surface area (Å²) in [5.74, 6) is -1.30. The average molecular weight is 486 g/mol. The third kappa shape index (κ3) is 6.47. The standard InChI is InChI=1S/C24H22F3NO3S.Na.H/c1-13(17-6-8-18(9-7-17)23(30)31)28-22(29)21-15(3)32-14(2)20(21)12-16-4-10-19(11-5-16)24(25,26)27;;/h4-11,13H,12H2,1-3H3,(H,28,29)(H,30,31);;/q;+1;-1/t13-;;/m0../s1. The minimum atomic E-state index is -4.39. The minimum Gasteiger partial charge on any atom is -1.00 e. The number of nitrogens with one attached hydrogen (secondary N) is 1. The molecule has 1 amide bonds. The molecule has 0 spiro atoms. The van der Waals surface area contributed by atoms with E-state index in [0.717, 1.165) is 33.0 Å². The first-order chi connectivity index (χ1) is 15.0. The van der Waals surface area contributed by atoms with Crippen LogP contribution in [-0.4, -0.2) is 17.0 Å². The van der Waals surface area contributed by atoms with Gasteiger partial charge in [0.25, 0.3) is 5.91 Å². The Morgan fingerprint density at radius 3 is 2.12 bits per heavy atom. The molecule has 0 radical (unpaired) electrons. The van der Waals surface area contributed by atoms with Crippen molar-refractivity contribution < 1.29 is 58.9 Å². The molecule has 1 aromatic heterocycles. The number of aryl methyl sites for hydroxylation is 2. The van der Waals surface area contributed by atoms with Crippen LogP contribution in [0.5, 0.6) is 0 Å². The number of carbonyl (C=O) groups is 2. The molecule has 170 valence electrons. The van der Waals surface area contributed by atoms with E-state index < -0.39 is 17.7 Å². The van der Waals surface area contributed by atoms with E-state index in [-0.39, 0.29) is 48.5 Å². The Hall–Kier alpha value is -2.13. The van der Waals surface area contributed by atoms with Crippen molar-refractivity contribution in [2.75, 3.05) is 0 Å². The Bertz CT molecular complexity index is 1150. The van der Waals surface area contributed by atoms with E-state index in [2.05, 4.69) is 5.32 Å². The number of rotatable bonds is 6. The van der Waals surface area contributed by atoms with Crippen LogP contribution in [0.1, 0.15) is 67.1 Å². The summed E-state index contributed by atoms with van der Waals surface area (Å²) < 4.78 is 38.5. The fourth-order valence-electron chi connectivity index (χ4n) is 3.52. The van der Waals surface area contributed by atoms with Gasteiger partial charge in [0.05, 0.1) is 22.7 Å². The van der Waals surface area contributed by atoms with Gasteiger partial charge in [-0.1, -0.05) is 24.3 Å². The van der Waals surface area contributed by atoms with E-state index in [4.69, 9.17) is 5.11 Å². The topological polar surface area (TPSA) is 66.4 Å². The van der Waals surface area contributed by atoms with E-state index >= 15 is 0 Å². The molecule has 0 bridgehead atoms. The number of aromatic carboxylic acids is 1. The van der Waals surface area contributed by atoms with Gasteiger partial charge >= 0.3 is 41.7 Å². The van der Waals surface area contributed by atoms with Crippen LogP contribution < -0.4 is 34.9 Å². The largest absolute Gasteiger partial charge is 1.00 e. The number of thiophene rings is 1. The minimum absolute atomic E-state index is 0. The zero-order valence-corrected chi connectivity index (χ0v) is 21.5. The molecule has 2 aromatic carbocycles. The van der Waals surface area contributed by atoms with Gasteiger partial charge in [-0.15, -0.1) is 11.3 Å². The molecule has 4 nitrogen and oxygen atoms in total. The quantitative estimate of drug-likeness (QED) is 0.527. The molecule has 2 N–H and O–H groups in total. The fraction of sp³-hybridized carbons (Fsp3) is 0.250. The van der Waals surface area contributed by atoms with Gasteiger partial charge in [-0.3, -0.25) is 4.79 Å². The molecule has 0 unspecified atom stereocenters. The number of benzene rings is 2. The van der Waals surface area contributed by atoms with E-state index in [9.17, 15) is 22.8 Å². The molecular weight excluding hydrogens is 462 g/mol. The van der Waals surface area contributed by atoms with Crippen LogP contribution in [0.3, 0.4) is 0 Å². The van der Waals surface area contributed by atoms with Gasteiger partial charge < -0.3 is 11.8 Å². The van der Waals surface area contributed by atoms with Crippen LogP contribution in [0.25, 0.3) is 0 Å². The molecular formula is C24H23F3NNaO3S. The van der Waals surface area contributed by atoms with Crippen molar-refractivity contribution in [3.05, 3.63) is 91.7 Å². The van der Waals surface area contributed by atoms with E-state index in [1.807, 2.05) is 13.8 Å². The average Bonchev–Trinajstić information content (AvgIpc) is 3.00. The monoisotopic (exact) mass is 485 g/mol. The van der Waals surface area contributed by atoms with Crippen molar-refractivity contribution in [2.24, 2.45) is 0 Å². The number of hydrogen-bond donors (Lipinski definition) is 2.